The molecule has 1 aliphatic heterocycles. The van der Waals surface area contributed by atoms with Gasteiger partial charge in [-0.1, -0.05) is 39.5 Å². The van der Waals surface area contributed by atoms with E-state index in [2.05, 4.69) is 12.8 Å². The number of amides is 2. The van der Waals surface area contributed by atoms with Crippen LogP contribution in [0.2, 0.25) is 0 Å². The number of carbonyl (C=O) groups excluding carboxylic acids is 2. The van der Waals surface area contributed by atoms with Crippen LogP contribution in [0.1, 0.15) is 65.2 Å². The van der Waals surface area contributed by atoms with Crippen molar-refractivity contribution in [2.24, 2.45) is 5.92 Å². The Balaban J connectivity index is 2.67. The van der Waals surface area contributed by atoms with Crippen LogP contribution in [0.5, 0.6) is 0 Å². The molecule has 0 aromatic rings. The van der Waals surface area contributed by atoms with E-state index >= 15 is 0 Å². The van der Waals surface area contributed by atoms with Gasteiger partial charge < -0.3 is 4.74 Å². The van der Waals surface area contributed by atoms with Gasteiger partial charge in [0.25, 0.3) is 5.91 Å². The predicted octanol–water partition coefficient (Wildman–Crippen LogP) is 3.66. The summed E-state index contributed by atoms with van der Waals surface area (Å²) >= 11 is 0. The van der Waals surface area contributed by atoms with Gasteiger partial charge in [-0.3, -0.25) is 14.5 Å². The number of ether oxygens (including phenoxy) is 1. The number of nitrogens with zero attached hydrogens (tertiary/aromatic N) is 1. The molecule has 0 N–H and O–H groups in total. The van der Waals surface area contributed by atoms with Crippen molar-refractivity contribution in [2.75, 3.05) is 7.11 Å². The lowest BCUT2D eigenvalue weighted by molar-refractivity contribution is -0.146. The molecule has 0 radical (unpaired) electrons. The largest absolute Gasteiger partial charge is 0.499 e. The number of imide groups is 1. The zero-order valence-electron chi connectivity index (χ0n) is 14.6. The molecule has 4 heteroatoms. The quantitative estimate of drug-likeness (QED) is 0.456. The highest BCUT2D eigenvalue weighted by atomic mass is 16.5. The zero-order chi connectivity index (χ0) is 17.2. The molecule has 23 heavy (non-hydrogen) atoms. The summed E-state index contributed by atoms with van der Waals surface area (Å²) in [6.07, 6.45) is 14.0. The molecule has 0 bridgehead atoms. The van der Waals surface area contributed by atoms with Gasteiger partial charge in [0.15, 0.2) is 0 Å². The standard InChI is InChI=1S/C19H29NO3/c1-5-7-9-11-12-15(3)19(22)20-16(13-10-8-6-2)17(23-4)14-18(20)21/h1,14-16H,6-13H2,2-4H3/t15-,16-/m0/s1. The van der Waals surface area contributed by atoms with Gasteiger partial charge in [-0.25, -0.2) is 0 Å². The average Bonchev–Trinajstić information content (AvgIpc) is 2.86. The third kappa shape index (κ3) is 5.42. The van der Waals surface area contributed by atoms with Crippen LogP contribution in [-0.2, 0) is 14.3 Å². The summed E-state index contributed by atoms with van der Waals surface area (Å²) in [6.45, 7) is 4.02. The predicted molar refractivity (Wildman–Crippen MR) is 91.3 cm³/mol. The zero-order valence-corrected chi connectivity index (χ0v) is 14.6. The first-order valence-corrected chi connectivity index (χ1v) is 8.62. The highest BCUT2D eigenvalue weighted by molar-refractivity contribution is 6.04. The van der Waals surface area contributed by atoms with Gasteiger partial charge in [0.05, 0.1) is 13.2 Å². The Morgan fingerprint density at radius 3 is 2.74 bits per heavy atom. The first-order valence-electron chi connectivity index (χ1n) is 8.62. The van der Waals surface area contributed by atoms with Crippen molar-refractivity contribution in [3.05, 3.63) is 11.8 Å². The van der Waals surface area contributed by atoms with Crippen LogP contribution in [0, 0.1) is 18.3 Å². The van der Waals surface area contributed by atoms with Crippen molar-refractivity contribution in [3.8, 4) is 12.3 Å². The number of rotatable bonds is 10. The molecule has 2 amide bonds. The summed E-state index contributed by atoms with van der Waals surface area (Å²) in [6, 6.07) is -0.236. The Bertz CT molecular complexity index is 475. The van der Waals surface area contributed by atoms with Crippen molar-refractivity contribution in [2.45, 2.75) is 71.3 Å². The summed E-state index contributed by atoms with van der Waals surface area (Å²) in [5, 5.41) is 0. The van der Waals surface area contributed by atoms with Crippen molar-refractivity contribution in [3.63, 3.8) is 0 Å². The lowest BCUT2D eigenvalue weighted by atomic mass is 10.00. The van der Waals surface area contributed by atoms with Gasteiger partial charge in [0.2, 0.25) is 5.91 Å². The smallest absolute Gasteiger partial charge is 0.257 e. The van der Waals surface area contributed by atoms with E-state index in [1.807, 2.05) is 6.92 Å². The Labute approximate surface area is 140 Å². The molecule has 0 aromatic heterocycles. The number of hydrogen-bond acceptors (Lipinski definition) is 3. The fourth-order valence-corrected chi connectivity index (χ4v) is 2.92. The lowest BCUT2D eigenvalue weighted by Gasteiger charge is -2.27. The summed E-state index contributed by atoms with van der Waals surface area (Å²) in [5.41, 5.74) is 0. The summed E-state index contributed by atoms with van der Waals surface area (Å²) in [4.78, 5) is 26.3. The van der Waals surface area contributed by atoms with Crippen molar-refractivity contribution in [1.82, 2.24) is 4.90 Å². The maximum Gasteiger partial charge on any atom is 0.257 e. The van der Waals surface area contributed by atoms with E-state index in [4.69, 9.17) is 11.2 Å². The summed E-state index contributed by atoms with van der Waals surface area (Å²) in [5.74, 6) is 2.70. The second-order valence-corrected chi connectivity index (χ2v) is 6.16. The van der Waals surface area contributed by atoms with Crippen LogP contribution in [0.4, 0.5) is 0 Å². The van der Waals surface area contributed by atoms with E-state index in [0.29, 0.717) is 5.76 Å². The van der Waals surface area contributed by atoms with E-state index in [-0.39, 0.29) is 23.8 Å². The second-order valence-electron chi connectivity index (χ2n) is 6.16. The Hall–Kier alpha value is -1.76. The molecule has 4 nitrogen and oxygen atoms in total. The maximum atomic E-state index is 12.7. The maximum absolute atomic E-state index is 12.7. The minimum atomic E-state index is -0.246. The molecule has 128 valence electrons. The van der Waals surface area contributed by atoms with Crippen LogP contribution in [0.15, 0.2) is 11.8 Å². The lowest BCUT2D eigenvalue weighted by Crippen LogP contribution is -2.43. The molecule has 0 saturated heterocycles. The monoisotopic (exact) mass is 319 g/mol. The van der Waals surface area contributed by atoms with Gasteiger partial charge in [-0.15, -0.1) is 12.3 Å². The van der Waals surface area contributed by atoms with E-state index in [1.165, 1.54) is 11.0 Å². The molecule has 1 rings (SSSR count). The molecule has 1 aliphatic rings. The topological polar surface area (TPSA) is 46.6 Å². The van der Waals surface area contributed by atoms with E-state index in [9.17, 15) is 9.59 Å². The SMILES string of the molecule is C#CCCCC[C@H](C)C(=O)N1C(=O)C=C(OC)[C@@H]1CCCCC. The van der Waals surface area contributed by atoms with Crippen LogP contribution in [0.25, 0.3) is 0 Å². The molecule has 0 unspecified atom stereocenters. The Morgan fingerprint density at radius 2 is 2.13 bits per heavy atom. The number of carbonyl (C=O) groups is 2. The van der Waals surface area contributed by atoms with Crippen LogP contribution in [0.3, 0.4) is 0 Å². The molecule has 2 atom stereocenters. The second kappa shape index (κ2) is 10.1. The van der Waals surface area contributed by atoms with E-state index in [1.54, 1.807) is 7.11 Å². The molecule has 1 heterocycles. The average molecular weight is 319 g/mol. The van der Waals surface area contributed by atoms with Gasteiger partial charge in [0.1, 0.15) is 5.76 Å². The molecule has 0 aromatic carbocycles. The fraction of sp³-hybridized carbons (Fsp3) is 0.684. The Morgan fingerprint density at radius 1 is 1.39 bits per heavy atom. The molecule has 0 aliphatic carbocycles. The highest BCUT2D eigenvalue weighted by Crippen LogP contribution is 2.27. The molecular weight excluding hydrogens is 290 g/mol. The summed E-state index contributed by atoms with van der Waals surface area (Å²) < 4.78 is 5.32. The van der Waals surface area contributed by atoms with E-state index in [0.717, 1.165) is 51.4 Å². The van der Waals surface area contributed by atoms with Crippen molar-refractivity contribution < 1.29 is 14.3 Å². The number of terminal acetylenes is 1. The fourth-order valence-electron chi connectivity index (χ4n) is 2.92. The third-order valence-corrected chi connectivity index (χ3v) is 4.33. The number of hydrogen-bond donors (Lipinski definition) is 0. The highest BCUT2D eigenvalue weighted by Gasteiger charge is 2.39. The number of unbranched alkanes of at least 4 members (excludes halogenated alkanes) is 4. The van der Waals surface area contributed by atoms with Crippen molar-refractivity contribution in [1.29, 1.82) is 0 Å². The normalized spacial score (nSPS) is 18.5. The van der Waals surface area contributed by atoms with Crippen LogP contribution < -0.4 is 0 Å². The van der Waals surface area contributed by atoms with Gasteiger partial charge in [0, 0.05) is 18.4 Å². The summed E-state index contributed by atoms with van der Waals surface area (Å²) in [7, 11) is 1.56. The van der Waals surface area contributed by atoms with Crippen LogP contribution in [-0.4, -0.2) is 29.9 Å². The van der Waals surface area contributed by atoms with Crippen molar-refractivity contribution >= 4 is 11.8 Å². The minimum Gasteiger partial charge on any atom is -0.499 e. The molecule has 0 saturated carbocycles. The van der Waals surface area contributed by atoms with Gasteiger partial charge >= 0.3 is 0 Å². The number of methoxy groups -OCH3 is 1. The Kier molecular flexibility index (Phi) is 8.47. The first kappa shape index (κ1) is 19.3. The molecular formula is C19H29NO3. The first-order chi connectivity index (χ1) is 11.1. The molecule has 0 spiro atoms. The van der Waals surface area contributed by atoms with Gasteiger partial charge in [-0.2, -0.15) is 0 Å². The third-order valence-electron chi connectivity index (χ3n) is 4.33. The minimum absolute atomic E-state index is 0.0968. The van der Waals surface area contributed by atoms with E-state index < -0.39 is 0 Å². The van der Waals surface area contributed by atoms with Gasteiger partial charge in [-0.05, 0) is 19.3 Å². The van der Waals surface area contributed by atoms with Crippen LogP contribution >= 0.6 is 0 Å². The molecule has 0 fully saturated rings.